The molecule has 8 heteroatoms. The highest BCUT2D eigenvalue weighted by Gasteiger charge is 2.26. The Bertz CT molecular complexity index is 1240. The zero-order chi connectivity index (χ0) is 23.5. The molecule has 0 atom stereocenters. The van der Waals surface area contributed by atoms with Gasteiger partial charge in [-0.1, -0.05) is 6.07 Å². The number of carbonyl (C=O) groups excluding carboxylic acids is 1. The summed E-state index contributed by atoms with van der Waals surface area (Å²) in [5.41, 5.74) is 4.66. The van der Waals surface area contributed by atoms with Gasteiger partial charge < -0.3 is 24.3 Å². The van der Waals surface area contributed by atoms with Crippen molar-refractivity contribution in [2.24, 2.45) is 0 Å². The Kier molecular flexibility index (Phi) is 6.17. The van der Waals surface area contributed by atoms with Gasteiger partial charge in [-0.25, -0.2) is 9.37 Å². The fourth-order valence-electron chi connectivity index (χ4n) is 3.88. The number of benzene rings is 2. The van der Waals surface area contributed by atoms with Gasteiger partial charge in [0.1, 0.15) is 11.6 Å². The van der Waals surface area contributed by atoms with Gasteiger partial charge in [0, 0.05) is 0 Å². The van der Waals surface area contributed by atoms with Crippen LogP contribution in [-0.4, -0.2) is 30.2 Å². The molecule has 0 unspecified atom stereocenters. The van der Waals surface area contributed by atoms with Gasteiger partial charge in [-0.05, 0) is 70.7 Å². The fraction of sp³-hybridized carbons (Fsp3) is 0.200. The zero-order valence-corrected chi connectivity index (χ0v) is 18.4. The van der Waals surface area contributed by atoms with Crippen molar-refractivity contribution in [3.63, 3.8) is 0 Å². The van der Waals surface area contributed by atoms with E-state index in [2.05, 4.69) is 10.3 Å². The number of phenolic OH excluding ortho intramolecular Hbond substituents is 1. The Morgan fingerprint density at radius 3 is 2.55 bits per heavy atom. The quantitative estimate of drug-likeness (QED) is 0.548. The van der Waals surface area contributed by atoms with E-state index in [1.54, 1.807) is 18.2 Å². The van der Waals surface area contributed by atoms with Crippen molar-refractivity contribution in [1.82, 2.24) is 10.3 Å². The molecular formula is C25H23FN2O5. The predicted octanol–water partition coefficient (Wildman–Crippen LogP) is 4.57. The van der Waals surface area contributed by atoms with Gasteiger partial charge in [0.05, 0.1) is 33.4 Å². The third kappa shape index (κ3) is 4.45. The fourth-order valence-corrected chi connectivity index (χ4v) is 3.88. The lowest BCUT2D eigenvalue weighted by Crippen LogP contribution is -2.22. The number of halogens is 1. The summed E-state index contributed by atoms with van der Waals surface area (Å²) in [5, 5.41) is 13.0. The highest BCUT2D eigenvalue weighted by Crippen LogP contribution is 2.45. The summed E-state index contributed by atoms with van der Waals surface area (Å²) < 4.78 is 29.7. The first-order valence-electron chi connectivity index (χ1n) is 10.2. The van der Waals surface area contributed by atoms with Crippen molar-refractivity contribution >= 4 is 23.1 Å². The number of ether oxygens (including phenoxy) is 2. The third-order valence-electron chi connectivity index (χ3n) is 5.55. The van der Waals surface area contributed by atoms with E-state index in [1.165, 1.54) is 38.9 Å². The summed E-state index contributed by atoms with van der Waals surface area (Å²) in [7, 11) is 2.92. The average molecular weight is 450 g/mol. The molecule has 0 fully saturated rings. The van der Waals surface area contributed by atoms with Crippen LogP contribution >= 0.6 is 0 Å². The Hall–Kier alpha value is -4.07. The molecule has 0 radical (unpaired) electrons. The van der Waals surface area contributed by atoms with E-state index in [-0.39, 0.29) is 41.9 Å². The minimum absolute atomic E-state index is 0.0793. The van der Waals surface area contributed by atoms with Crippen LogP contribution in [0.15, 0.2) is 52.9 Å². The minimum Gasteiger partial charge on any atom is -0.502 e. The molecule has 0 spiro atoms. The lowest BCUT2D eigenvalue weighted by Gasteiger charge is -2.11. The highest BCUT2D eigenvalue weighted by molar-refractivity contribution is 6.08. The Morgan fingerprint density at radius 1 is 1.18 bits per heavy atom. The monoisotopic (exact) mass is 450 g/mol. The number of phenols is 1. The lowest BCUT2D eigenvalue weighted by molar-refractivity contribution is -0.120. The minimum atomic E-state index is -0.379. The van der Waals surface area contributed by atoms with Gasteiger partial charge in [-0.2, -0.15) is 0 Å². The van der Waals surface area contributed by atoms with Crippen LogP contribution in [0, 0.1) is 5.82 Å². The molecule has 0 aliphatic heterocycles. The van der Waals surface area contributed by atoms with Crippen LogP contribution in [0.5, 0.6) is 17.2 Å². The first-order valence-corrected chi connectivity index (χ1v) is 10.2. The molecule has 0 saturated heterocycles. The molecular weight excluding hydrogens is 427 g/mol. The maximum Gasteiger partial charge on any atom is 0.224 e. The summed E-state index contributed by atoms with van der Waals surface area (Å²) >= 11 is 0. The van der Waals surface area contributed by atoms with E-state index in [0.717, 1.165) is 27.8 Å². The van der Waals surface area contributed by atoms with E-state index in [1.807, 2.05) is 13.0 Å². The molecule has 1 amide bonds. The predicted molar refractivity (Wildman–Crippen MR) is 121 cm³/mol. The summed E-state index contributed by atoms with van der Waals surface area (Å²) in [6, 6.07) is 7.91. The summed E-state index contributed by atoms with van der Waals surface area (Å²) in [4.78, 5) is 16.4. The van der Waals surface area contributed by atoms with Gasteiger partial charge in [-0.3, -0.25) is 4.79 Å². The molecule has 1 aliphatic carbocycles. The molecule has 1 aromatic heterocycles. The molecule has 0 saturated carbocycles. The Morgan fingerprint density at radius 2 is 1.91 bits per heavy atom. The number of fused-ring (bicyclic) bond motifs is 1. The van der Waals surface area contributed by atoms with Gasteiger partial charge >= 0.3 is 0 Å². The van der Waals surface area contributed by atoms with E-state index >= 15 is 0 Å². The molecule has 1 heterocycles. The number of oxazole rings is 1. The zero-order valence-electron chi connectivity index (χ0n) is 18.4. The number of allylic oxidation sites excluding steroid dienone is 2. The molecule has 3 aromatic rings. The van der Waals surface area contributed by atoms with Gasteiger partial charge in [0.2, 0.25) is 11.7 Å². The number of hydrogen-bond donors (Lipinski definition) is 2. The molecule has 2 N–H and O–H groups in total. The molecule has 0 bridgehead atoms. The second-order valence-corrected chi connectivity index (χ2v) is 7.55. The van der Waals surface area contributed by atoms with Crippen LogP contribution in [0.1, 0.15) is 35.8 Å². The lowest BCUT2D eigenvalue weighted by atomic mass is 10.00. The number of carbonyl (C=O) groups is 1. The standard InChI is InChI=1S/C25H23FN2O5/c1-14-19(6-15-7-22(31-2)25(30)23(8-15)32-3)18-5-4-16(26)9-21(18)20(14)10-24(29)28-12-17-11-27-13-33-17/h4-9,11,13,30H,10,12H2,1-3H3,(H,28,29). The normalized spacial score (nSPS) is 13.9. The van der Waals surface area contributed by atoms with Crippen LogP contribution in [0.25, 0.3) is 17.2 Å². The van der Waals surface area contributed by atoms with Crippen molar-refractivity contribution in [2.45, 2.75) is 19.9 Å². The molecule has 170 valence electrons. The largest absolute Gasteiger partial charge is 0.502 e. The van der Waals surface area contributed by atoms with Crippen molar-refractivity contribution in [3.05, 3.63) is 76.8 Å². The number of rotatable bonds is 7. The number of nitrogens with one attached hydrogen (secondary N) is 1. The van der Waals surface area contributed by atoms with Crippen molar-refractivity contribution in [2.75, 3.05) is 14.2 Å². The van der Waals surface area contributed by atoms with Crippen molar-refractivity contribution in [1.29, 1.82) is 0 Å². The van der Waals surface area contributed by atoms with Gasteiger partial charge in [0.25, 0.3) is 0 Å². The number of hydrogen-bond acceptors (Lipinski definition) is 6. The topological polar surface area (TPSA) is 93.8 Å². The maximum absolute atomic E-state index is 14.1. The molecule has 33 heavy (non-hydrogen) atoms. The third-order valence-corrected chi connectivity index (χ3v) is 5.55. The van der Waals surface area contributed by atoms with Crippen molar-refractivity contribution in [3.8, 4) is 17.2 Å². The van der Waals surface area contributed by atoms with Crippen LogP contribution < -0.4 is 14.8 Å². The van der Waals surface area contributed by atoms with E-state index in [0.29, 0.717) is 11.3 Å². The van der Waals surface area contributed by atoms with Crippen LogP contribution in [0.3, 0.4) is 0 Å². The van der Waals surface area contributed by atoms with E-state index in [9.17, 15) is 14.3 Å². The first-order chi connectivity index (χ1) is 15.9. The first kappa shape index (κ1) is 22.1. The van der Waals surface area contributed by atoms with Crippen LogP contribution in [0.2, 0.25) is 0 Å². The number of aromatic hydroxyl groups is 1. The van der Waals surface area contributed by atoms with Crippen molar-refractivity contribution < 1.29 is 28.2 Å². The molecule has 4 rings (SSSR count). The number of nitrogens with zero attached hydrogens (tertiary/aromatic N) is 1. The molecule has 7 nitrogen and oxygen atoms in total. The number of aromatic nitrogens is 1. The molecule has 2 aromatic carbocycles. The second kappa shape index (κ2) is 9.20. The average Bonchev–Trinajstić information content (AvgIpc) is 3.41. The number of methoxy groups -OCH3 is 2. The van der Waals surface area contributed by atoms with Crippen LogP contribution in [-0.2, 0) is 11.3 Å². The maximum atomic E-state index is 14.1. The highest BCUT2D eigenvalue weighted by atomic mass is 19.1. The number of amides is 1. The second-order valence-electron chi connectivity index (χ2n) is 7.55. The van der Waals surface area contributed by atoms with Crippen LogP contribution in [0.4, 0.5) is 4.39 Å². The smallest absolute Gasteiger partial charge is 0.224 e. The Balaban J connectivity index is 1.70. The molecule has 1 aliphatic rings. The SMILES string of the molecule is COc1cc(C=C2C(C)=C(CC(=O)NCc3cnco3)c3cc(F)ccc32)cc(OC)c1O. The van der Waals surface area contributed by atoms with E-state index in [4.69, 9.17) is 13.9 Å². The van der Waals surface area contributed by atoms with E-state index < -0.39 is 0 Å². The Labute approximate surface area is 190 Å². The summed E-state index contributed by atoms with van der Waals surface area (Å²) in [5.74, 6) is 0.398. The van der Waals surface area contributed by atoms with Gasteiger partial charge in [0.15, 0.2) is 17.9 Å². The van der Waals surface area contributed by atoms with Gasteiger partial charge in [-0.15, -0.1) is 0 Å². The summed E-state index contributed by atoms with van der Waals surface area (Å²) in [6.07, 6.45) is 4.81. The summed E-state index contributed by atoms with van der Waals surface area (Å²) in [6.45, 7) is 2.12.